The highest BCUT2D eigenvalue weighted by atomic mass is 79.9. The first-order valence-electron chi connectivity index (χ1n) is 4.33. The van der Waals surface area contributed by atoms with Crippen molar-refractivity contribution in [1.82, 2.24) is 0 Å². The maximum Gasteiger partial charge on any atom is 0.248 e. The second-order valence-corrected chi connectivity index (χ2v) is 6.43. The van der Waals surface area contributed by atoms with E-state index in [1.807, 2.05) is 0 Å². The number of hydrogen-bond donors (Lipinski definition) is 1. The van der Waals surface area contributed by atoms with Crippen LogP contribution in [0.25, 0.3) is 0 Å². The molecule has 0 bridgehead atoms. The maximum atomic E-state index is 12.9. The van der Waals surface area contributed by atoms with Crippen LogP contribution in [0.5, 0.6) is 0 Å². The van der Waals surface area contributed by atoms with E-state index in [0.717, 1.165) is 12.1 Å². The monoisotopic (exact) mass is 340 g/mol. The smallest absolute Gasteiger partial charge is 0.248 e. The fraction of sp³-hybridized carbons (Fsp3) is 0.222. The molecule has 92 valence electrons. The predicted octanol–water partition coefficient (Wildman–Crippen LogP) is 2.90. The zero-order chi connectivity index (χ0) is 13.2. The van der Waals surface area contributed by atoms with Crippen LogP contribution in [0.2, 0.25) is 5.02 Å². The number of nitrogens with one attached hydrogen (secondary N) is 1. The van der Waals surface area contributed by atoms with Crippen molar-refractivity contribution in [2.24, 2.45) is 0 Å². The van der Waals surface area contributed by atoms with Crippen LogP contribution < -0.4 is 4.72 Å². The molecule has 1 atom stereocenters. The minimum atomic E-state index is -3.87. The minimum Gasteiger partial charge on any atom is -0.280 e. The second-order valence-electron chi connectivity index (χ2n) is 3.16. The molecule has 17 heavy (non-hydrogen) atoms. The molecule has 0 spiro atoms. The summed E-state index contributed by atoms with van der Waals surface area (Å²) in [6, 6.07) is 3.64. The lowest BCUT2D eigenvalue weighted by molar-refractivity contribution is 0.597. The van der Waals surface area contributed by atoms with Crippen molar-refractivity contribution >= 4 is 43.2 Å². The Balaban J connectivity index is 3.18. The summed E-state index contributed by atoms with van der Waals surface area (Å²) in [6.07, 6.45) is 0. The Morgan fingerprint density at radius 3 is 2.65 bits per heavy atom. The van der Waals surface area contributed by atoms with Gasteiger partial charge in [0.05, 0.1) is 16.8 Å². The largest absolute Gasteiger partial charge is 0.280 e. The normalized spacial score (nSPS) is 12.9. The van der Waals surface area contributed by atoms with Crippen molar-refractivity contribution in [3.8, 4) is 6.07 Å². The van der Waals surface area contributed by atoms with Crippen LogP contribution in [-0.4, -0.2) is 13.7 Å². The van der Waals surface area contributed by atoms with Gasteiger partial charge in [-0.05, 0) is 35.0 Å². The summed E-state index contributed by atoms with van der Waals surface area (Å²) in [7, 11) is -3.87. The van der Waals surface area contributed by atoms with Gasteiger partial charge in [-0.15, -0.1) is 0 Å². The van der Waals surface area contributed by atoms with Gasteiger partial charge < -0.3 is 0 Å². The van der Waals surface area contributed by atoms with E-state index in [-0.39, 0.29) is 15.2 Å². The van der Waals surface area contributed by atoms with E-state index in [0.29, 0.717) is 0 Å². The quantitative estimate of drug-likeness (QED) is 0.919. The molecule has 1 unspecified atom stereocenters. The van der Waals surface area contributed by atoms with E-state index in [2.05, 4.69) is 20.7 Å². The van der Waals surface area contributed by atoms with Crippen LogP contribution in [-0.2, 0) is 10.0 Å². The minimum absolute atomic E-state index is 0.00941. The van der Waals surface area contributed by atoms with E-state index in [9.17, 15) is 12.8 Å². The molecular weight excluding hydrogens is 335 g/mol. The standard InChI is InChI=1S/C9H7BrClFN2O2S/c1-5(4-13)17(15,16)14-9-7(10)2-6(12)3-8(9)11/h2-3,5,14H,1H3. The molecule has 0 aromatic heterocycles. The Morgan fingerprint density at radius 1 is 1.59 bits per heavy atom. The Kier molecular flexibility index (Phi) is 4.36. The van der Waals surface area contributed by atoms with Crippen molar-refractivity contribution in [2.75, 3.05) is 4.72 Å². The van der Waals surface area contributed by atoms with Crippen molar-refractivity contribution in [3.63, 3.8) is 0 Å². The summed E-state index contributed by atoms with van der Waals surface area (Å²) in [5.41, 5.74) is 0.00941. The van der Waals surface area contributed by atoms with Gasteiger partial charge >= 0.3 is 0 Å². The molecule has 0 fully saturated rings. The zero-order valence-corrected chi connectivity index (χ0v) is 11.7. The van der Waals surface area contributed by atoms with Crippen molar-refractivity contribution < 1.29 is 12.8 Å². The molecule has 0 aliphatic carbocycles. The van der Waals surface area contributed by atoms with Crippen molar-refractivity contribution in [3.05, 3.63) is 27.4 Å². The van der Waals surface area contributed by atoms with Gasteiger partial charge in [-0.1, -0.05) is 11.6 Å². The maximum absolute atomic E-state index is 12.9. The molecule has 0 aliphatic rings. The highest BCUT2D eigenvalue weighted by molar-refractivity contribution is 9.10. The van der Waals surface area contributed by atoms with Crippen LogP contribution in [0.1, 0.15) is 6.92 Å². The Bertz CT molecular complexity index is 562. The molecule has 1 N–H and O–H groups in total. The van der Waals surface area contributed by atoms with Gasteiger partial charge in [0.25, 0.3) is 0 Å². The summed E-state index contributed by atoms with van der Waals surface area (Å²) < 4.78 is 38.4. The Hall–Kier alpha value is -0.840. The van der Waals surface area contributed by atoms with Crippen molar-refractivity contribution in [1.29, 1.82) is 5.26 Å². The SMILES string of the molecule is CC(C#N)S(=O)(=O)Nc1c(Cl)cc(F)cc1Br. The van der Waals surface area contributed by atoms with E-state index in [4.69, 9.17) is 16.9 Å². The van der Waals surface area contributed by atoms with Gasteiger partial charge in [-0.3, -0.25) is 4.72 Å². The summed E-state index contributed by atoms with van der Waals surface area (Å²) in [5.74, 6) is -0.599. The first-order chi connectivity index (χ1) is 7.77. The summed E-state index contributed by atoms with van der Waals surface area (Å²) in [4.78, 5) is 0. The Labute approximate surface area is 112 Å². The van der Waals surface area contributed by atoms with E-state index in [1.54, 1.807) is 6.07 Å². The van der Waals surface area contributed by atoms with E-state index >= 15 is 0 Å². The van der Waals surface area contributed by atoms with Gasteiger partial charge in [-0.2, -0.15) is 5.26 Å². The molecule has 0 heterocycles. The van der Waals surface area contributed by atoms with Gasteiger partial charge in [0, 0.05) is 4.47 Å². The molecule has 0 amide bonds. The predicted molar refractivity (Wildman–Crippen MR) is 66.7 cm³/mol. The van der Waals surface area contributed by atoms with Crippen LogP contribution in [0, 0.1) is 17.1 Å². The summed E-state index contributed by atoms with van der Waals surface area (Å²) in [5, 5.41) is 7.22. The number of anilines is 1. The molecular formula is C9H7BrClFN2O2S. The number of rotatable bonds is 3. The molecule has 0 saturated carbocycles. The highest BCUT2D eigenvalue weighted by Gasteiger charge is 2.22. The van der Waals surface area contributed by atoms with Crippen LogP contribution in [0.3, 0.4) is 0 Å². The number of nitriles is 1. The molecule has 0 saturated heterocycles. The lowest BCUT2D eigenvalue weighted by Gasteiger charge is -2.12. The molecule has 1 aromatic carbocycles. The first kappa shape index (κ1) is 14.2. The summed E-state index contributed by atoms with van der Waals surface area (Å²) >= 11 is 8.70. The third kappa shape index (κ3) is 3.31. The van der Waals surface area contributed by atoms with Crippen molar-refractivity contribution in [2.45, 2.75) is 12.2 Å². The summed E-state index contributed by atoms with van der Waals surface area (Å²) in [6.45, 7) is 1.23. The topological polar surface area (TPSA) is 70.0 Å². The lowest BCUT2D eigenvalue weighted by atomic mass is 10.3. The first-order valence-corrected chi connectivity index (χ1v) is 7.05. The third-order valence-electron chi connectivity index (χ3n) is 1.90. The van der Waals surface area contributed by atoms with Crippen LogP contribution >= 0.6 is 27.5 Å². The fourth-order valence-electron chi connectivity index (χ4n) is 0.940. The second kappa shape index (κ2) is 5.21. The number of sulfonamides is 1. The average Bonchev–Trinajstić information content (AvgIpc) is 2.22. The highest BCUT2D eigenvalue weighted by Crippen LogP contribution is 2.32. The number of benzene rings is 1. The number of hydrogen-bond acceptors (Lipinski definition) is 3. The van der Waals surface area contributed by atoms with Gasteiger partial charge in [0.15, 0.2) is 5.25 Å². The molecule has 8 heteroatoms. The van der Waals surface area contributed by atoms with Gasteiger partial charge in [0.2, 0.25) is 10.0 Å². The molecule has 0 radical (unpaired) electrons. The molecule has 4 nitrogen and oxygen atoms in total. The van der Waals surface area contributed by atoms with Crippen LogP contribution in [0.4, 0.5) is 10.1 Å². The van der Waals surface area contributed by atoms with E-state index < -0.39 is 21.1 Å². The van der Waals surface area contributed by atoms with Gasteiger partial charge in [0.1, 0.15) is 5.82 Å². The Morgan fingerprint density at radius 2 is 2.18 bits per heavy atom. The third-order valence-corrected chi connectivity index (χ3v) is 4.35. The van der Waals surface area contributed by atoms with E-state index in [1.165, 1.54) is 6.92 Å². The number of nitrogens with zero attached hydrogens (tertiary/aromatic N) is 1. The lowest BCUT2D eigenvalue weighted by Crippen LogP contribution is -2.24. The molecule has 1 aromatic rings. The molecule has 0 aliphatic heterocycles. The fourth-order valence-corrected chi connectivity index (χ4v) is 2.85. The number of halogens is 3. The van der Waals surface area contributed by atoms with Crippen LogP contribution in [0.15, 0.2) is 16.6 Å². The zero-order valence-electron chi connectivity index (χ0n) is 8.54. The molecule has 1 rings (SSSR count). The van der Waals surface area contributed by atoms with Gasteiger partial charge in [-0.25, -0.2) is 12.8 Å². The average molecular weight is 342 g/mol.